The predicted molar refractivity (Wildman–Crippen MR) is 196 cm³/mol. The molecule has 4 aromatic rings. The van der Waals surface area contributed by atoms with Crippen molar-refractivity contribution in [3.05, 3.63) is 107 Å². The fourth-order valence-electron chi connectivity index (χ4n) is 5.83. The van der Waals surface area contributed by atoms with Crippen LogP contribution in [0.25, 0.3) is 33.4 Å². The maximum absolute atomic E-state index is 2.44. The van der Waals surface area contributed by atoms with E-state index in [-0.39, 0.29) is 27.1 Å². The maximum Gasteiger partial charge on any atom is -0.0126 e. The SMILES string of the molecule is CC(C)(C)c1cc(-c2cc(-c3cc(C(C)(C)C)cc(C(C)(C)C)c3)cc(-c3ccccc3C(C)(C)C)c2)cc(C(C)(C)C)c1. The van der Waals surface area contributed by atoms with E-state index in [1.165, 1.54) is 61.2 Å². The van der Waals surface area contributed by atoms with Crippen molar-refractivity contribution in [2.75, 3.05) is 0 Å². The summed E-state index contributed by atoms with van der Waals surface area (Å²) in [7, 11) is 0. The molecular formula is C44H58. The molecule has 0 bridgehead atoms. The highest BCUT2D eigenvalue weighted by atomic mass is 14.3. The van der Waals surface area contributed by atoms with E-state index in [9.17, 15) is 0 Å². The van der Waals surface area contributed by atoms with Gasteiger partial charge in [-0.05, 0) is 106 Å². The summed E-state index contributed by atoms with van der Waals surface area (Å²) in [6.07, 6.45) is 0. The lowest BCUT2D eigenvalue weighted by Gasteiger charge is -2.28. The van der Waals surface area contributed by atoms with Crippen LogP contribution < -0.4 is 0 Å². The van der Waals surface area contributed by atoms with Gasteiger partial charge in [-0.25, -0.2) is 0 Å². The van der Waals surface area contributed by atoms with Crippen molar-refractivity contribution in [2.24, 2.45) is 0 Å². The first-order valence-corrected chi connectivity index (χ1v) is 16.5. The Bertz CT molecular complexity index is 1480. The lowest BCUT2D eigenvalue weighted by atomic mass is 9.77. The molecule has 0 amide bonds. The normalized spacial score (nSPS) is 13.3. The molecule has 234 valence electrons. The largest absolute Gasteiger partial charge is 0.0619 e. The molecule has 44 heavy (non-hydrogen) atoms. The summed E-state index contributed by atoms with van der Waals surface area (Å²) in [4.78, 5) is 0. The van der Waals surface area contributed by atoms with Gasteiger partial charge < -0.3 is 0 Å². The highest BCUT2D eigenvalue weighted by Gasteiger charge is 2.24. The molecular weight excluding hydrogens is 528 g/mol. The van der Waals surface area contributed by atoms with Gasteiger partial charge in [-0.1, -0.05) is 165 Å². The van der Waals surface area contributed by atoms with E-state index >= 15 is 0 Å². The quantitative estimate of drug-likeness (QED) is 0.224. The van der Waals surface area contributed by atoms with Crippen LogP contribution >= 0.6 is 0 Å². The Hall–Kier alpha value is -3.12. The number of hydrogen-bond acceptors (Lipinski definition) is 0. The summed E-state index contributed by atoms with van der Waals surface area (Å²) in [5.41, 5.74) is 14.9. The maximum atomic E-state index is 2.44. The van der Waals surface area contributed by atoms with Gasteiger partial charge in [0.15, 0.2) is 0 Å². The Morgan fingerprint density at radius 3 is 0.909 bits per heavy atom. The molecule has 0 aliphatic carbocycles. The van der Waals surface area contributed by atoms with E-state index in [1.54, 1.807) is 0 Å². The van der Waals surface area contributed by atoms with Crippen LogP contribution in [0.2, 0.25) is 0 Å². The van der Waals surface area contributed by atoms with Gasteiger partial charge in [0, 0.05) is 0 Å². The van der Waals surface area contributed by atoms with Crippen molar-refractivity contribution in [2.45, 2.75) is 131 Å². The van der Waals surface area contributed by atoms with Crippen molar-refractivity contribution < 1.29 is 0 Å². The highest BCUT2D eigenvalue weighted by Crippen LogP contribution is 2.41. The van der Waals surface area contributed by atoms with E-state index in [2.05, 4.69) is 183 Å². The first kappa shape index (κ1) is 33.8. The van der Waals surface area contributed by atoms with E-state index in [0.717, 1.165) is 0 Å². The van der Waals surface area contributed by atoms with Gasteiger partial charge in [-0.15, -0.1) is 0 Å². The Kier molecular flexibility index (Phi) is 8.71. The topological polar surface area (TPSA) is 0 Å². The molecule has 0 spiro atoms. The molecule has 0 N–H and O–H groups in total. The Balaban J connectivity index is 2.12. The minimum atomic E-state index is 0.0316. The van der Waals surface area contributed by atoms with Crippen LogP contribution in [0, 0.1) is 0 Å². The van der Waals surface area contributed by atoms with E-state index in [1.807, 2.05) is 0 Å². The summed E-state index contributed by atoms with van der Waals surface area (Å²) in [5.74, 6) is 0. The molecule has 0 aliphatic heterocycles. The van der Waals surface area contributed by atoms with Gasteiger partial charge >= 0.3 is 0 Å². The fraction of sp³-hybridized carbons (Fsp3) is 0.455. The molecule has 0 unspecified atom stereocenters. The Labute approximate surface area is 270 Å². The van der Waals surface area contributed by atoms with Crippen LogP contribution in [0.5, 0.6) is 0 Å². The second-order valence-electron chi connectivity index (χ2n) is 18.2. The van der Waals surface area contributed by atoms with E-state index in [4.69, 9.17) is 0 Å². The monoisotopic (exact) mass is 586 g/mol. The third kappa shape index (κ3) is 7.56. The van der Waals surface area contributed by atoms with Crippen molar-refractivity contribution in [1.82, 2.24) is 0 Å². The van der Waals surface area contributed by atoms with Crippen molar-refractivity contribution in [1.29, 1.82) is 0 Å². The average molecular weight is 587 g/mol. The van der Waals surface area contributed by atoms with E-state index < -0.39 is 0 Å². The van der Waals surface area contributed by atoms with Crippen LogP contribution in [-0.4, -0.2) is 0 Å². The van der Waals surface area contributed by atoms with Gasteiger partial charge in [0.05, 0.1) is 0 Å². The van der Waals surface area contributed by atoms with Crippen LogP contribution in [0.3, 0.4) is 0 Å². The number of hydrogen-bond donors (Lipinski definition) is 0. The molecule has 0 radical (unpaired) electrons. The van der Waals surface area contributed by atoms with Gasteiger partial charge in [0.1, 0.15) is 0 Å². The van der Waals surface area contributed by atoms with Crippen molar-refractivity contribution in [3.63, 3.8) is 0 Å². The zero-order valence-corrected chi connectivity index (χ0v) is 30.5. The lowest BCUT2D eigenvalue weighted by molar-refractivity contribution is 0.568. The summed E-state index contributed by atoms with van der Waals surface area (Å²) in [5, 5.41) is 0. The molecule has 0 heteroatoms. The lowest BCUT2D eigenvalue weighted by Crippen LogP contribution is -2.16. The van der Waals surface area contributed by atoms with Gasteiger partial charge in [-0.2, -0.15) is 0 Å². The summed E-state index contributed by atoms with van der Waals surface area (Å²) < 4.78 is 0. The summed E-state index contributed by atoms with van der Waals surface area (Å²) in [6.45, 7) is 34.9. The molecule has 0 saturated carbocycles. The molecule has 0 atom stereocenters. The van der Waals surface area contributed by atoms with Crippen LogP contribution in [0.4, 0.5) is 0 Å². The van der Waals surface area contributed by atoms with E-state index in [0.29, 0.717) is 0 Å². The van der Waals surface area contributed by atoms with Crippen LogP contribution in [-0.2, 0) is 27.1 Å². The summed E-state index contributed by atoms with van der Waals surface area (Å²) in [6, 6.07) is 30.8. The second-order valence-corrected chi connectivity index (χ2v) is 18.2. The average Bonchev–Trinajstić information content (AvgIpc) is 2.90. The van der Waals surface area contributed by atoms with Gasteiger partial charge in [0.25, 0.3) is 0 Å². The molecule has 4 aromatic carbocycles. The summed E-state index contributed by atoms with van der Waals surface area (Å²) >= 11 is 0. The first-order chi connectivity index (χ1) is 19.9. The molecule has 0 saturated heterocycles. The molecule has 0 nitrogen and oxygen atoms in total. The zero-order valence-electron chi connectivity index (χ0n) is 30.5. The van der Waals surface area contributed by atoms with Crippen LogP contribution in [0.1, 0.15) is 132 Å². The minimum Gasteiger partial charge on any atom is -0.0619 e. The Morgan fingerprint density at radius 1 is 0.295 bits per heavy atom. The molecule has 0 heterocycles. The molecule has 4 rings (SSSR count). The highest BCUT2D eigenvalue weighted by molar-refractivity contribution is 5.83. The minimum absolute atomic E-state index is 0.0316. The third-order valence-corrected chi connectivity index (χ3v) is 8.98. The molecule has 0 aromatic heterocycles. The zero-order chi connectivity index (χ0) is 33.0. The number of benzene rings is 4. The van der Waals surface area contributed by atoms with Gasteiger partial charge in [0.2, 0.25) is 0 Å². The van der Waals surface area contributed by atoms with Crippen molar-refractivity contribution >= 4 is 0 Å². The smallest absolute Gasteiger partial charge is 0.0126 e. The molecule has 0 aliphatic rings. The standard InChI is InChI=1S/C44H58/c1-40(2,3)34-23-31(24-35(27-34)41(4,5)6)29-20-30(22-33(21-29)38-18-16-17-19-39(38)44(13,14)15)32-25-36(42(7,8)9)28-37(26-32)43(10,11)12/h16-28H,1-15H3. The molecule has 0 fully saturated rings. The van der Waals surface area contributed by atoms with Crippen molar-refractivity contribution in [3.8, 4) is 33.4 Å². The number of rotatable bonds is 3. The first-order valence-electron chi connectivity index (χ1n) is 16.5. The Morgan fingerprint density at radius 2 is 0.591 bits per heavy atom. The third-order valence-electron chi connectivity index (χ3n) is 8.98. The predicted octanol–water partition coefficient (Wildman–Crippen LogP) is 13.2. The van der Waals surface area contributed by atoms with Gasteiger partial charge in [-0.3, -0.25) is 0 Å². The van der Waals surface area contributed by atoms with Crippen LogP contribution in [0.15, 0.2) is 78.9 Å². The fourth-order valence-corrected chi connectivity index (χ4v) is 5.83. The second kappa shape index (κ2) is 11.3.